The maximum atomic E-state index is 12.2. The number of ketones is 1. The summed E-state index contributed by atoms with van der Waals surface area (Å²) in [7, 11) is 0. The number of fused-ring (bicyclic) bond motifs is 5. The van der Waals surface area contributed by atoms with E-state index >= 15 is 0 Å². The van der Waals surface area contributed by atoms with Crippen molar-refractivity contribution in [2.24, 2.45) is 28.6 Å². The van der Waals surface area contributed by atoms with E-state index in [4.69, 9.17) is 4.74 Å². The Balaban J connectivity index is 1.69. The SMILES string of the molecule is CC(=O)OC1CCCC2=CC[C@H]3[C@@H]4CC=C(C(C)=O)[C@@]4(C)CC[C@@H]3[C@]21C. The molecule has 26 heavy (non-hydrogen) atoms. The highest BCUT2D eigenvalue weighted by atomic mass is 16.5. The lowest BCUT2D eigenvalue weighted by atomic mass is 9.47. The van der Waals surface area contributed by atoms with E-state index in [1.807, 2.05) is 0 Å². The molecule has 0 amide bonds. The minimum atomic E-state index is -0.151. The Bertz CT molecular complexity index is 702. The normalized spacial score (nSPS) is 44.2. The van der Waals surface area contributed by atoms with Crippen LogP contribution in [0.4, 0.5) is 0 Å². The molecule has 0 radical (unpaired) electrons. The van der Waals surface area contributed by atoms with Crippen LogP contribution in [0.1, 0.15) is 72.6 Å². The van der Waals surface area contributed by atoms with Crippen LogP contribution in [0.3, 0.4) is 0 Å². The van der Waals surface area contributed by atoms with E-state index in [9.17, 15) is 9.59 Å². The molecule has 142 valence electrons. The quantitative estimate of drug-likeness (QED) is 0.516. The van der Waals surface area contributed by atoms with Crippen LogP contribution in [-0.4, -0.2) is 17.9 Å². The molecule has 0 aliphatic heterocycles. The Morgan fingerprint density at radius 2 is 1.85 bits per heavy atom. The second-order valence-electron chi connectivity index (χ2n) is 9.48. The number of hydrogen-bond donors (Lipinski definition) is 0. The maximum Gasteiger partial charge on any atom is 0.302 e. The standard InChI is InChI=1S/C23H32O3/c1-14(24)18-10-11-19-17-9-8-16-6-5-7-21(26-15(2)25)23(16,4)20(17)12-13-22(18,19)3/h8,10,17,19-21H,5-7,9,11-13H2,1-4H3/t17-,19-,20-,21?,22+,23-/m0/s1. The monoisotopic (exact) mass is 356 g/mol. The van der Waals surface area contributed by atoms with E-state index in [0.717, 1.165) is 50.5 Å². The first-order chi connectivity index (χ1) is 12.3. The van der Waals surface area contributed by atoms with Crippen LogP contribution in [0.25, 0.3) is 0 Å². The number of allylic oxidation sites excluding steroid dienone is 3. The third kappa shape index (κ3) is 2.38. The van der Waals surface area contributed by atoms with Gasteiger partial charge in [-0.05, 0) is 80.6 Å². The molecule has 0 bridgehead atoms. The van der Waals surface area contributed by atoms with Crippen LogP contribution in [0, 0.1) is 28.6 Å². The summed E-state index contributed by atoms with van der Waals surface area (Å²) in [4.78, 5) is 23.9. The van der Waals surface area contributed by atoms with Crippen LogP contribution in [-0.2, 0) is 14.3 Å². The molecular formula is C23H32O3. The second kappa shape index (κ2) is 6.07. The zero-order valence-electron chi connectivity index (χ0n) is 16.6. The lowest BCUT2D eigenvalue weighted by Gasteiger charge is -2.58. The van der Waals surface area contributed by atoms with E-state index < -0.39 is 0 Å². The van der Waals surface area contributed by atoms with Crippen molar-refractivity contribution < 1.29 is 14.3 Å². The summed E-state index contributed by atoms with van der Waals surface area (Å²) in [5, 5.41) is 0. The van der Waals surface area contributed by atoms with Gasteiger partial charge in [-0.2, -0.15) is 0 Å². The van der Waals surface area contributed by atoms with E-state index in [1.54, 1.807) is 13.8 Å². The largest absolute Gasteiger partial charge is 0.462 e. The van der Waals surface area contributed by atoms with Crippen molar-refractivity contribution in [3.8, 4) is 0 Å². The van der Waals surface area contributed by atoms with Crippen LogP contribution < -0.4 is 0 Å². The fourth-order valence-electron chi connectivity index (χ4n) is 7.19. The Morgan fingerprint density at radius 1 is 1.08 bits per heavy atom. The van der Waals surface area contributed by atoms with E-state index in [2.05, 4.69) is 26.0 Å². The molecule has 3 heteroatoms. The molecule has 3 nitrogen and oxygen atoms in total. The fraction of sp³-hybridized carbons (Fsp3) is 0.739. The Kier molecular flexibility index (Phi) is 4.20. The molecule has 0 aromatic rings. The van der Waals surface area contributed by atoms with Crippen molar-refractivity contribution in [3.05, 3.63) is 23.3 Å². The molecular weight excluding hydrogens is 324 g/mol. The van der Waals surface area contributed by atoms with Gasteiger partial charge in [-0.1, -0.05) is 31.6 Å². The third-order valence-electron chi connectivity index (χ3n) is 8.39. The van der Waals surface area contributed by atoms with Crippen LogP contribution in [0.15, 0.2) is 23.3 Å². The van der Waals surface area contributed by atoms with Crippen molar-refractivity contribution >= 4 is 11.8 Å². The van der Waals surface area contributed by atoms with Gasteiger partial charge in [0, 0.05) is 12.3 Å². The van der Waals surface area contributed by atoms with Gasteiger partial charge in [-0.25, -0.2) is 0 Å². The number of Topliss-reactive ketones (excluding diaryl/α,β-unsaturated/α-hetero) is 1. The molecule has 0 aromatic heterocycles. The molecule has 0 heterocycles. The number of carbonyl (C=O) groups is 2. The average Bonchev–Trinajstić information content (AvgIpc) is 2.92. The van der Waals surface area contributed by atoms with Crippen molar-refractivity contribution in [3.63, 3.8) is 0 Å². The van der Waals surface area contributed by atoms with Crippen LogP contribution in [0.2, 0.25) is 0 Å². The first-order valence-corrected chi connectivity index (χ1v) is 10.4. The van der Waals surface area contributed by atoms with Gasteiger partial charge in [-0.15, -0.1) is 0 Å². The minimum Gasteiger partial charge on any atom is -0.462 e. The Labute approximate surface area is 157 Å². The second-order valence-corrected chi connectivity index (χ2v) is 9.48. The molecule has 4 rings (SSSR count). The lowest BCUT2D eigenvalue weighted by molar-refractivity contribution is -0.161. The molecule has 0 N–H and O–H groups in total. The maximum absolute atomic E-state index is 12.2. The molecule has 1 unspecified atom stereocenters. The van der Waals surface area contributed by atoms with Crippen molar-refractivity contribution in [2.75, 3.05) is 0 Å². The first kappa shape index (κ1) is 18.0. The van der Waals surface area contributed by atoms with Crippen molar-refractivity contribution in [2.45, 2.75) is 78.7 Å². The Morgan fingerprint density at radius 3 is 2.54 bits per heavy atom. The molecule has 2 fully saturated rings. The van der Waals surface area contributed by atoms with Gasteiger partial charge in [0.15, 0.2) is 5.78 Å². The Hall–Kier alpha value is -1.38. The predicted molar refractivity (Wildman–Crippen MR) is 101 cm³/mol. The smallest absolute Gasteiger partial charge is 0.302 e. The van der Waals surface area contributed by atoms with Gasteiger partial charge in [0.1, 0.15) is 6.10 Å². The predicted octanol–water partition coefficient (Wildman–Crippen LogP) is 5.01. The van der Waals surface area contributed by atoms with Gasteiger partial charge in [0.25, 0.3) is 0 Å². The topological polar surface area (TPSA) is 43.4 Å². The number of rotatable bonds is 2. The van der Waals surface area contributed by atoms with Gasteiger partial charge >= 0.3 is 5.97 Å². The molecule has 0 spiro atoms. The van der Waals surface area contributed by atoms with E-state index in [0.29, 0.717) is 17.8 Å². The van der Waals surface area contributed by atoms with Gasteiger partial charge in [0.2, 0.25) is 0 Å². The zero-order valence-corrected chi connectivity index (χ0v) is 16.6. The van der Waals surface area contributed by atoms with Crippen molar-refractivity contribution in [1.29, 1.82) is 0 Å². The summed E-state index contributed by atoms with van der Waals surface area (Å²) >= 11 is 0. The zero-order chi connectivity index (χ0) is 18.7. The molecule has 6 atom stereocenters. The summed E-state index contributed by atoms with van der Waals surface area (Å²) < 4.78 is 5.86. The summed E-state index contributed by atoms with van der Waals surface area (Å²) in [6, 6.07) is 0. The summed E-state index contributed by atoms with van der Waals surface area (Å²) in [5.41, 5.74) is 2.62. The lowest BCUT2D eigenvalue weighted by Crippen LogP contribution is -2.54. The fourth-order valence-corrected chi connectivity index (χ4v) is 7.19. The van der Waals surface area contributed by atoms with Crippen molar-refractivity contribution in [1.82, 2.24) is 0 Å². The summed E-state index contributed by atoms with van der Waals surface area (Å²) in [5.74, 6) is 1.80. The first-order valence-electron chi connectivity index (χ1n) is 10.4. The van der Waals surface area contributed by atoms with Crippen LogP contribution >= 0.6 is 0 Å². The third-order valence-corrected chi connectivity index (χ3v) is 8.39. The molecule has 0 saturated heterocycles. The van der Waals surface area contributed by atoms with E-state index in [-0.39, 0.29) is 28.7 Å². The number of carbonyl (C=O) groups excluding carboxylic acids is 2. The molecule has 0 aromatic carbocycles. The average molecular weight is 357 g/mol. The highest BCUT2D eigenvalue weighted by Gasteiger charge is 2.59. The number of hydrogen-bond acceptors (Lipinski definition) is 3. The number of esters is 1. The van der Waals surface area contributed by atoms with Gasteiger partial charge < -0.3 is 4.74 Å². The van der Waals surface area contributed by atoms with E-state index in [1.165, 1.54) is 5.57 Å². The summed E-state index contributed by atoms with van der Waals surface area (Å²) in [6.45, 7) is 7.95. The summed E-state index contributed by atoms with van der Waals surface area (Å²) in [6.07, 6.45) is 12.3. The molecule has 4 aliphatic carbocycles. The number of ether oxygens (including phenoxy) is 1. The van der Waals surface area contributed by atoms with Gasteiger partial charge in [0.05, 0.1) is 0 Å². The molecule has 4 aliphatic rings. The van der Waals surface area contributed by atoms with Crippen LogP contribution in [0.5, 0.6) is 0 Å². The molecule has 2 saturated carbocycles. The highest BCUT2D eigenvalue weighted by molar-refractivity contribution is 5.95. The van der Waals surface area contributed by atoms with Gasteiger partial charge in [-0.3, -0.25) is 9.59 Å². The minimum absolute atomic E-state index is 0.0128. The highest BCUT2D eigenvalue weighted by Crippen LogP contribution is 2.65.